The number of benzene rings is 1. The lowest BCUT2D eigenvalue weighted by molar-refractivity contribution is -0.149. The molecular weight excluding hydrogens is 420 g/mol. The summed E-state index contributed by atoms with van der Waals surface area (Å²) in [5.41, 5.74) is 0.993. The first-order chi connectivity index (χ1) is 14.7. The van der Waals surface area contributed by atoms with Gasteiger partial charge in [-0.05, 0) is 50.7 Å². The topological polar surface area (TPSA) is 104 Å². The third-order valence-electron chi connectivity index (χ3n) is 6.14. The summed E-state index contributed by atoms with van der Waals surface area (Å²) in [5, 5.41) is 9.44. The van der Waals surface area contributed by atoms with Crippen molar-refractivity contribution >= 4 is 22.1 Å². The molecule has 2 fully saturated rings. The highest BCUT2D eigenvalue weighted by molar-refractivity contribution is 7.89. The van der Waals surface area contributed by atoms with Gasteiger partial charge >= 0.3 is 12.1 Å². The number of ether oxygens (including phenoxy) is 1. The fourth-order valence-corrected chi connectivity index (χ4v) is 6.26. The minimum absolute atomic E-state index is 0.0213. The predicted octanol–water partition coefficient (Wildman–Crippen LogP) is 2.97. The highest BCUT2D eigenvalue weighted by Gasteiger charge is 2.40. The van der Waals surface area contributed by atoms with E-state index in [-0.39, 0.29) is 42.3 Å². The summed E-state index contributed by atoms with van der Waals surface area (Å²) < 4.78 is 33.1. The first-order valence-electron chi connectivity index (χ1n) is 10.6. The monoisotopic (exact) mass is 450 g/mol. The zero-order chi connectivity index (χ0) is 22.6. The number of hydrogen-bond acceptors (Lipinski definition) is 5. The maximum absolute atomic E-state index is 13.3. The minimum Gasteiger partial charge on any atom is -0.466 e. The number of amides is 1. The highest BCUT2D eigenvalue weighted by atomic mass is 32.2. The van der Waals surface area contributed by atoms with Crippen LogP contribution in [0.15, 0.2) is 47.4 Å². The van der Waals surface area contributed by atoms with Gasteiger partial charge in [-0.25, -0.2) is 13.2 Å². The number of allylic oxidation sites excluding steroid dienone is 1. The lowest BCUT2D eigenvalue weighted by Crippen LogP contribution is -2.56. The van der Waals surface area contributed by atoms with Gasteiger partial charge in [-0.2, -0.15) is 4.31 Å². The molecule has 3 atom stereocenters. The van der Waals surface area contributed by atoms with Crippen LogP contribution < -0.4 is 0 Å². The molecule has 2 aliphatic rings. The van der Waals surface area contributed by atoms with Crippen molar-refractivity contribution in [3.8, 4) is 0 Å². The zero-order valence-electron chi connectivity index (χ0n) is 17.8. The number of sulfonamides is 1. The Hall–Kier alpha value is -2.39. The first kappa shape index (κ1) is 23.3. The van der Waals surface area contributed by atoms with E-state index in [2.05, 4.69) is 6.58 Å². The van der Waals surface area contributed by atoms with Crippen LogP contribution in [-0.4, -0.2) is 67.1 Å². The Labute approximate surface area is 183 Å². The number of carbonyl (C=O) groups excluding carboxylic acids is 1. The number of nitrogens with zero attached hydrogens (tertiary/aromatic N) is 2. The standard InChI is InChI=1S/C22H30N2O6S/c1-3-30-21(25)20-14-16(2)13-17(20)9-10-18-15-23(22(26)27)11-12-24(18)31(28,29)19-7-5-4-6-8-19/h4-8,17-18,20H,2-3,9-15H2,1H3,(H,26,27). The molecule has 31 heavy (non-hydrogen) atoms. The molecule has 0 aromatic heterocycles. The van der Waals surface area contributed by atoms with Gasteiger partial charge in [-0.15, -0.1) is 0 Å². The van der Waals surface area contributed by atoms with E-state index in [1.54, 1.807) is 37.3 Å². The highest BCUT2D eigenvalue weighted by Crippen LogP contribution is 2.39. The van der Waals surface area contributed by atoms with Crippen LogP contribution >= 0.6 is 0 Å². The number of piperazine rings is 1. The second kappa shape index (κ2) is 9.82. The van der Waals surface area contributed by atoms with E-state index < -0.39 is 22.2 Å². The van der Waals surface area contributed by atoms with Crippen molar-refractivity contribution in [3.05, 3.63) is 42.5 Å². The summed E-state index contributed by atoms with van der Waals surface area (Å²) in [6, 6.07) is 7.70. The van der Waals surface area contributed by atoms with Gasteiger partial charge in [-0.1, -0.05) is 30.4 Å². The summed E-state index contributed by atoms with van der Waals surface area (Å²) in [7, 11) is -3.75. The van der Waals surface area contributed by atoms with Crippen molar-refractivity contribution in [2.24, 2.45) is 11.8 Å². The zero-order valence-corrected chi connectivity index (χ0v) is 18.6. The Kier molecular flexibility index (Phi) is 7.38. The average molecular weight is 451 g/mol. The van der Waals surface area contributed by atoms with Gasteiger partial charge in [0.15, 0.2) is 0 Å². The molecule has 1 aromatic rings. The summed E-state index contributed by atoms with van der Waals surface area (Å²) in [5.74, 6) is -0.491. The summed E-state index contributed by atoms with van der Waals surface area (Å²) in [6.07, 6.45) is 1.29. The van der Waals surface area contributed by atoms with Crippen LogP contribution in [0.3, 0.4) is 0 Å². The van der Waals surface area contributed by atoms with Crippen LogP contribution in [0.1, 0.15) is 32.6 Å². The Morgan fingerprint density at radius 2 is 1.87 bits per heavy atom. The van der Waals surface area contributed by atoms with Crippen LogP contribution in [0.5, 0.6) is 0 Å². The summed E-state index contributed by atoms with van der Waals surface area (Å²) >= 11 is 0. The van der Waals surface area contributed by atoms with Gasteiger partial charge in [0.2, 0.25) is 10.0 Å². The van der Waals surface area contributed by atoms with Gasteiger partial charge in [0.05, 0.1) is 17.4 Å². The number of esters is 1. The summed E-state index contributed by atoms with van der Waals surface area (Å²) in [6.45, 7) is 6.45. The van der Waals surface area contributed by atoms with E-state index in [0.717, 1.165) is 5.57 Å². The number of carbonyl (C=O) groups is 2. The fraction of sp³-hybridized carbons (Fsp3) is 0.545. The van der Waals surface area contributed by atoms with E-state index in [0.29, 0.717) is 32.3 Å². The van der Waals surface area contributed by atoms with Crippen LogP contribution in [0.2, 0.25) is 0 Å². The Morgan fingerprint density at radius 3 is 2.52 bits per heavy atom. The quantitative estimate of drug-likeness (QED) is 0.506. The molecule has 0 bridgehead atoms. The fourth-order valence-electron chi connectivity index (χ4n) is 4.60. The van der Waals surface area contributed by atoms with Crippen LogP contribution in [0.4, 0.5) is 4.79 Å². The predicted molar refractivity (Wildman–Crippen MR) is 115 cm³/mol. The third-order valence-corrected chi connectivity index (χ3v) is 8.10. The second-order valence-corrected chi connectivity index (χ2v) is 10.1. The molecule has 1 N–H and O–H groups in total. The van der Waals surface area contributed by atoms with Gasteiger partial charge in [-0.3, -0.25) is 4.79 Å². The number of hydrogen-bond donors (Lipinski definition) is 1. The van der Waals surface area contributed by atoms with Crippen molar-refractivity contribution in [2.45, 2.75) is 43.5 Å². The average Bonchev–Trinajstić information content (AvgIpc) is 3.13. The van der Waals surface area contributed by atoms with E-state index in [4.69, 9.17) is 4.74 Å². The van der Waals surface area contributed by atoms with Crippen molar-refractivity contribution in [1.82, 2.24) is 9.21 Å². The molecular formula is C22H30N2O6S. The lowest BCUT2D eigenvalue weighted by Gasteiger charge is -2.40. The largest absolute Gasteiger partial charge is 0.466 e. The van der Waals surface area contributed by atoms with Gasteiger partial charge in [0.25, 0.3) is 0 Å². The number of rotatable bonds is 7. The Bertz CT molecular complexity index is 917. The maximum Gasteiger partial charge on any atom is 0.407 e. The molecule has 8 nitrogen and oxygen atoms in total. The van der Waals surface area contributed by atoms with Crippen molar-refractivity contribution < 1.29 is 27.9 Å². The Morgan fingerprint density at radius 1 is 1.16 bits per heavy atom. The number of carboxylic acid groups (broad SMARTS) is 1. The molecule has 1 amide bonds. The second-order valence-electron chi connectivity index (χ2n) is 8.17. The van der Waals surface area contributed by atoms with Gasteiger partial charge in [0.1, 0.15) is 0 Å². The molecule has 1 aromatic carbocycles. The molecule has 0 spiro atoms. The summed E-state index contributed by atoms with van der Waals surface area (Å²) in [4.78, 5) is 25.3. The maximum atomic E-state index is 13.3. The van der Waals surface area contributed by atoms with E-state index >= 15 is 0 Å². The van der Waals surface area contributed by atoms with E-state index in [1.165, 1.54) is 9.21 Å². The third kappa shape index (κ3) is 5.27. The van der Waals surface area contributed by atoms with Crippen molar-refractivity contribution in [3.63, 3.8) is 0 Å². The molecule has 1 aliphatic heterocycles. The molecule has 1 saturated carbocycles. The molecule has 9 heteroatoms. The molecule has 3 unspecified atom stereocenters. The SMILES string of the molecule is C=C1CC(CCC2CN(C(=O)O)CCN2S(=O)(=O)c2ccccc2)C(C(=O)OCC)C1. The van der Waals surface area contributed by atoms with Crippen LogP contribution in [-0.2, 0) is 19.6 Å². The van der Waals surface area contributed by atoms with Gasteiger partial charge < -0.3 is 14.7 Å². The smallest absolute Gasteiger partial charge is 0.407 e. The Balaban J connectivity index is 1.78. The normalized spacial score (nSPS) is 24.9. The van der Waals surface area contributed by atoms with Gasteiger partial charge in [0, 0.05) is 25.7 Å². The molecule has 3 rings (SSSR count). The van der Waals surface area contributed by atoms with E-state index in [9.17, 15) is 23.1 Å². The lowest BCUT2D eigenvalue weighted by atomic mass is 9.89. The van der Waals surface area contributed by atoms with E-state index in [1.807, 2.05) is 0 Å². The van der Waals surface area contributed by atoms with Crippen molar-refractivity contribution in [1.29, 1.82) is 0 Å². The van der Waals surface area contributed by atoms with Crippen molar-refractivity contribution in [2.75, 3.05) is 26.2 Å². The molecule has 0 radical (unpaired) electrons. The first-order valence-corrected chi connectivity index (χ1v) is 12.1. The molecule has 1 aliphatic carbocycles. The van der Waals surface area contributed by atoms with Crippen LogP contribution in [0.25, 0.3) is 0 Å². The van der Waals surface area contributed by atoms with Crippen LogP contribution in [0, 0.1) is 11.8 Å². The minimum atomic E-state index is -3.75. The molecule has 170 valence electrons. The molecule has 1 heterocycles. The molecule has 1 saturated heterocycles.